The van der Waals surface area contributed by atoms with Gasteiger partial charge >= 0.3 is 0 Å². The van der Waals surface area contributed by atoms with Gasteiger partial charge in [-0.15, -0.1) is 0 Å². The van der Waals surface area contributed by atoms with Crippen LogP contribution < -0.4 is 10.2 Å². The van der Waals surface area contributed by atoms with Crippen LogP contribution in [0.25, 0.3) is 0 Å². The van der Waals surface area contributed by atoms with Gasteiger partial charge in [0, 0.05) is 6.42 Å². The van der Waals surface area contributed by atoms with Crippen molar-refractivity contribution >= 4 is 13.7 Å². The Morgan fingerprint density at radius 1 is 0.453 bits per heavy atom. The molecule has 75 heavy (non-hydrogen) atoms. The summed E-state index contributed by atoms with van der Waals surface area (Å²) in [6, 6.07) is -0.901. The van der Waals surface area contributed by atoms with Gasteiger partial charge in [0.15, 0.2) is 0 Å². The molecule has 0 rings (SSSR count). The van der Waals surface area contributed by atoms with Crippen LogP contribution in [-0.2, 0) is 18.4 Å². The van der Waals surface area contributed by atoms with Gasteiger partial charge in [-0.05, 0) is 32.1 Å². The predicted octanol–water partition coefficient (Wildman–Crippen LogP) is 20.1. The Labute approximate surface area is 468 Å². The van der Waals surface area contributed by atoms with Crippen molar-refractivity contribution in [3.63, 3.8) is 0 Å². The maximum atomic E-state index is 13.0. The van der Waals surface area contributed by atoms with Gasteiger partial charge in [-0.2, -0.15) is 0 Å². The monoisotopic (exact) mass is 1080 g/mol. The van der Waals surface area contributed by atoms with Crippen molar-refractivity contribution in [2.75, 3.05) is 40.9 Å². The molecule has 446 valence electrons. The minimum Gasteiger partial charge on any atom is -0.756 e. The largest absolute Gasteiger partial charge is 0.756 e. The molecule has 3 unspecified atom stereocenters. The van der Waals surface area contributed by atoms with E-state index < -0.39 is 20.0 Å². The van der Waals surface area contributed by atoms with Crippen LogP contribution in [0, 0.1) is 0 Å². The number of aliphatic hydroxyl groups is 1. The highest BCUT2D eigenvalue weighted by molar-refractivity contribution is 7.45. The van der Waals surface area contributed by atoms with Crippen LogP contribution in [0.5, 0.6) is 0 Å². The number of phosphoric acid groups is 1. The molecule has 0 heterocycles. The third-order valence-electron chi connectivity index (χ3n) is 15.4. The second-order valence-corrected chi connectivity index (χ2v) is 25.6. The summed E-state index contributed by atoms with van der Waals surface area (Å²) in [4.78, 5) is 25.5. The van der Waals surface area contributed by atoms with Gasteiger partial charge in [0.1, 0.15) is 13.2 Å². The topological polar surface area (TPSA) is 108 Å². The summed E-state index contributed by atoms with van der Waals surface area (Å²) in [7, 11) is 1.26. The molecule has 0 fully saturated rings. The van der Waals surface area contributed by atoms with E-state index in [0.717, 1.165) is 38.5 Å². The standard InChI is InChI=1S/C66H131N2O6P/c1-6-8-10-12-14-16-18-20-22-24-26-27-28-29-30-31-32-33-34-35-36-37-38-39-40-41-42-44-46-48-50-52-54-56-58-60-66(70)67-64(63-74-75(71,72)73-62-61-68(3,4)5)65(69)59-57-55-53-51-49-47-45-43-25-23-21-19-17-15-13-11-9-7-2/h49,51,57,59,64-65,69H,6-48,50,52-56,58,60-63H2,1-5H3,(H-,67,70,71,72)/b51-49+,59-57+. The summed E-state index contributed by atoms with van der Waals surface area (Å²) < 4.78 is 23.4. The fourth-order valence-electron chi connectivity index (χ4n) is 10.2. The maximum Gasteiger partial charge on any atom is 0.268 e. The van der Waals surface area contributed by atoms with E-state index in [1.807, 2.05) is 27.2 Å². The molecule has 0 aliphatic carbocycles. The fraction of sp³-hybridized carbons (Fsp3) is 0.924. The molecule has 3 atom stereocenters. The molecule has 0 aromatic rings. The molecule has 2 N–H and O–H groups in total. The molecule has 9 heteroatoms. The smallest absolute Gasteiger partial charge is 0.268 e. The number of aliphatic hydroxyl groups excluding tert-OH is 1. The molecule has 1 amide bonds. The first-order valence-electron chi connectivity index (χ1n) is 33.2. The van der Waals surface area contributed by atoms with Crippen LogP contribution in [0.4, 0.5) is 0 Å². The van der Waals surface area contributed by atoms with Crippen LogP contribution in [-0.4, -0.2) is 68.5 Å². The van der Waals surface area contributed by atoms with E-state index in [9.17, 15) is 19.4 Å². The molecular formula is C66H131N2O6P. The second-order valence-electron chi connectivity index (χ2n) is 24.2. The molecule has 0 radical (unpaired) electrons. The number of quaternary nitrogens is 1. The number of unbranched alkanes of at least 4 members (excludes halogenated alkanes) is 47. The van der Waals surface area contributed by atoms with Gasteiger partial charge in [-0.3, -0.25) is 9.36 Å². The normalized spacial score (nSPS) is 13.9. The average molecular weight is 1080 g/mol. The Balaban J connectivity index is 3.98. The van der Waals surface area contributed by atoms with Gasteiger partial charge in [0.2, 0.25) is 5.91 Å². The van der Waals surface area contributed by atoms with E-state index >= 15 is 0 Å². The third-order valence-corrected chi connectivity index (χ3v) is 16.4. The lowest BCUT2D eigenvalue weighted by Crippen LogP contribution is -2.45. The van der Waals surface area contributed by atoms with E-state index in [4.69, 9.17) is 9.05 Å². The van der Waals surface area contributed by atoms with Crippen molar-refractivity contribution < 1.29 is 32.9 Å². The Morgan fingerprint density at radius 2 is 0.747 bits per heavy atom. The number of nitrogens with one attached hydrogen (secondary N) is 1. The van der Waals surface area contributed by atoms with Crippen LogP contribution in [0.3, 0.4) is 0 Å². The summed E-state index contributed by atoms with van der Waals surface area (Å²) in [6.07, 6.45) is 74.5. The molecule has 0 aromatic carbocycles. The highest BCUT2D eigenvalue weighted by Gasteiger charge is 2.23. The van der Waals surface area contributed by atoms with Crippen LogP contribution in [0.1, 0.15) is 341 Å². The number of carbonyl (C=O) groups excluding carboxylic acids is 1. The van der Waals surface area contributed by atoms with Crippen LogP contribution in [0.15, 0.2) is 24.3 Å². The first-order chi connectivity index (χ1) is 36.5. The quantitative estimate of drug-likeness (QED) is 0.0272. The lowest BCUT2D eigenvalue weighted by Gasteiger charge is -2.29. The number of hydrogen-bond donors (Lipinski definition) is 2. The fourth-order valence-corrected chi connectivity index (χ4v) is 11.0. The summed E-state index contributed by atoms with van der Waals surface area (Å²) in [5.41, 5.74) is 0. The average Bonchev–Trinajstić information content (AvgIpc) is 3.37. The second kappa shape index (κ2) is 57.7. The predicted molar refractivity (Wildman–Crippen MR) is 325 cm³/mol. The lowest BCUT2D eigenvalue weighted by atomic mass is 10.0. The summed E-state index contributed by atoms with van der Waals surface area (Å²) >= 11 is 0. The minimum atomic E-state index is -4.60. The summed E-state index contributed by atoms with van der Waals surface area (Å²) in [5.74, 6) is -0.200. The Hall–Kier alpha value is -1.02. The lowest BCUT2D eigenvalue weighted by molar-refractivity contribution is -0.870. The zero-order valence-electron chi connectivity index (χ0n) is 51.0. The number of rotatable bonds is 62. The Bertz CT molecular complexity index is 1270. The van der Waals surface area contributed by atoms with E-state index in [-0.39, 0.29) is 19.1 Å². The highest BCUT2D eigenvalue weighted by Crippen LogP contribution is 2.38. The number of hydrogen-bond acceptors (Lipinski definition) is 6. The molecule has 0 spiro atoms. The van der Waals surface area contributed by atoms with Gasteiger partial charge in [0.25, 0.3) is 7.82 Å². The molecule has 0 aromatic heterocycles. The van der Waals surface area contributed by atoms with Crippen molar-refractivity contribution in [3.8, 4) is 0 Å². The number of allylic oxidation sites excluding steroid dienone is 3. The van der Waals surface area contributed by atoms with Crippen molar-refractivity contribution in [1.82, 2.24) is 5.32 Å². The van der Waals surface area contributed by atoms with Crippen molar-refractivity contribution in [1.29, 1.82) is 0 Å². The zero-order chi connectivity index (χ0) is 54.9. The molecular weight excluding hydrogens is 948 g/mol. The number of likely N-dealkylation sites (N-methyl/N-ethyl adjacent to an activating group) is 1. The number of nitrogens with zero attached hydrogens (tertiary/aromatic N) is 1. The minimum absolute atomic E-state index is 0.00363. The number of phosphoric ester groups is 1. The van der Waals surface area contributed by atoms with Crippen LogP contribution in [0.2, 0.25) is 0 Å². The summed E-state index contributed by atoms with van der Waals surface area (Å²) in [5, 5.41) is 13.9. The van der Waals surface area contributed by atoms with E-state index in [1.165, 1.54) is 283 Å². The molecule has 0 aliphatic rings. The zero-order valence-corrected chi connectivity index (χ0v) is 51.9. The maximum absolute atomic E-state index is 13.0. The Morgan fingerprint density at radius 3 is 1.08 bits per heavy atom. The molecule has 0 saturated heterocycles. The molecule has 0 aliphatic heterocycles. The van der Waals surface area contributed by atoms with Crippen molar-refractivity contribution in [2.24, 2.45) is 0 Å². The van der Waals surface area contributed by atoms with Crippen molar-refractivity contribution in [3.05, 3.63) is 24.3 Å². The van der Waals surface area contributed by atoms with Gasteiger partial charge in [-0.1, -0.05) is 327 Å². The molecule has 0 saturated carbocycles. The SMILES string of the molecule is CCCCCCCCCCCCCC/C=C/CC/C=C/C(O)C(COP(=O)([O-])OCC[N+](C)(C)C)NC(=O)CCCCCCCCCCCCCCCCCCCCCCCCCCCCCCCCCCCCC. The van der Waals surface area contributed by atoms with E-state index in [1.54, 1.807) is 6.08 Å². The first-order valence-corrected chi connectivity index (χ1v) is 34.7. The van der Waals surface area contributed by atoms with Gasteiger partial charge in [0.05, 0.1) is 39.9 Å². The first kappa shape index (κ1) is 74.0. The van der Waals surface area contributed by atoms with Crippen molar-refractivity contribution in [2.45, 2.75) is 353 Å². The van der Waals surface area contributed by atoms with Gasteiger partial charge < -0.3 is 28.8 Å². The number of carbonyl (C=O) groups is 1. The Kier molecular flexibility index (Phi) is 56.9. The van der Waals surface area contributed by atoms with E-state index in [0.29, 0.717) is 17.4 Å². The van der Waals surface area contributed by atoms with E-state index in [2.05, 4.69) is 31.3 Å². The molecule has 0 bridgehead atoms. The summed E-state index contributed by atoms with van der Waals surface area (Å²) in [6.45, 7) is 4.68. The number of amides is 1. The highest BCUT2D eigenvalue weighted by atomic mass is 31.2. The molecule has 8 nitrogen and oxygen atoms in total. The van der Waals surface area contributed by atoms with Crippen LogP contribution >= 0.6 is 7.82 Å². The van der Waals surface area contributed by atoms with Gasteiger partial charge in [-0.25, -0.2) is 0 Å². The third kappa shape index (κ3) is 60.5.